The van der Waals surface area contributed by atoms with Crippen molar-refractivity contribution < 1.29 is 0 Å². The van der Waals surface area contributed by atoms with E-state index >= 15 is 0 Å². The molecular weight excluding hydrogens is 295 g/mol. The maximum Gasteiger partial charge on any atom is -0.00882 e. The summed E-state index contributed by atoms with van der Waals surface area (Å²) in [6, 6.07) is 17.5. The van der Waals surface area contributed by atoms with Gasteiger partial charge < -0.3 is 0 Å². The monoisotopic (exact) mass is 316 g/mol. The molecule has 0 radical (unpaired) electrons. The number of benzene rings is 2. The summed E-state index contributed by atoms with van der Waals surface area (Å²) in [6.45, 7) is 4.28. The van der Waals surface area contributed by atoms with Gasteiger partial charge in [-0.2, -0.15) is 0 Å². The summed E-state index contributed by atoms with van der Waals surface area (Å²) in [5.74, 6) is 4.47. The zero-order chi connectivity index (χ0) is 16.1. The van der Waals surface area contributed by atoms with Crippen molar-refractivity contribution in [2.75, 3.05) is 0 Å². The lowest BCUT2D eigenvalue weighted by Gasteiger charge is -2.03. The third-order valence-electron chi connectivity index (χ3n) is 4.10. The van der Waals surface area contributed by atoms with Crippen LogP contribution in [0.1, 0.15) is 23.6 Å². The minimum absolute atomic E-state index is 0.968. The van der Waals surface area contributed by atoms with Crippen molar-refractivity contribution in [3.63, 3.8) is 0 Å². The van der Waals surface area contributed by atoms with E-state index in [0.717, 1.165) is 6.42 Å². The van der Waals surface area contributed by atoms with Crippen LogP contribution in [0.5, 0.6) is 0 Å². The Bertz CT molecular complexity index is 849. The number of aryl methyl sites for hydroxylation is 1. The Labute approximate surface area is 140 Å². The van der Waals surface area contributed by atoms with Gasteiger partial charge in [0.1, 0.15) is 0 Å². The maximum absolute atomic E-state index is 2.27. The van der Waals surface area contributed by atoms with Gasteiger partial charge in [-0.3, -0.25) is 0 Å². The Hall–Kier alpha value is -2.17. The van der Waals surface area contributed by atoms with Crippen molar-refractivity contribution in [1.82, 2.24) is 0 Å². The predicted octanol–water partition coefficient (Wildman–Crippen LogP) is 6.93. The Morgan fingerprint density at radius 2 is 1.87 bits per heavy atom. The van der Waals surface area contributed by atoms with Crippen LogP contribution in [0, 0.1) is 6.92 Å². The topological polar surface area (TPSA) is 0 Å². The third kappa shape index (κ3) is 3.97. The summed E-state index contributed by atoms with van der Waals surface area (Å²) < 4.78 is 0. The summed E-state index contributed by atoms with van der Waals surface area (Å²) in [4.78, 5) is 0. The van der Waals surface area contributed by atoms with Crippen LogP contribution >= 0.6 is 8.19 Å². The second-order valence-corrected chi connectivity index (χ2v) is 6.72. The summed E-state index contributed by atoms with van der Waals surface area (Å²) in [5, 5.41) is 2.72. The Morgan fingerprint density at radius 1 is 1.04 bits per heavy atom. The molecule has 3 rings (SSSR count). The lowest BCUT2D eigenvalue weighted by atomic mass is 10.0. The molecule has 1 heterocycles. The van der Waals surface area contributed by atoms with Crippen molar-refractivity contribution in [1.29, 1.82) is 0 Å². The molecule has 0 aliphatic rings. The second kappa shape index (κ2) is 7.40. The lowest BCUT2D eigenvalue weighted by molar-refractivity contribution is 1.30. The van der Waals surface area contributed by atoms with Gasteiger partial charge in [-0.15, -0.1) is 0 Å². The SMILES string of the molecule is C/C(=C\C=C/Cc1cccc2cpccc12)c1ccc(C)cc1. The van der Waals surface area contributed by atoms with Crippen LogP contribution in [-0.4, -0.2) is 0 Å². The molecule has 0 bridgehead atoms. The Balaban J connectivity index is 1.73. The molecule has 0 aliphatic heterocycles. The molecule has 23 heavy (non-hydrogen) atoms. The smallest absolute Gasteiger partial charge is 0.00882 e. The van der Waals surface area contributed by atoms with Crippen LogP contribution in [0.15, 0.2) is 78.4 Å². The van der Waals surface area contributed by atoms with Gasteiger partial charge in [-0.05, 0) is 65.4 Å². The highest BCUT2D eigenvalue weighted by molar-refractivity contribution is 7.28. The van der Waals surface area contributed by atoms with Crippen LogP contribution in [0.2, 0.25) is 0 Å². The molecule has 0 spiro atoms. The maximum atomic E-state index is 2.27. The summed E-state index contributed by atoms with van der Waals surface area (Å²) in [7, 11) is 1.28. The van der Waals surface area contributed by atoms with Gasteiger partial charge in [0.2, 0.25) is 0 Å². The van der Waals surface area contributed by atoms with Crippen molar-refractivity contribution in [3.05, 3.63) is 95.0 Å². The summed E-state index contributed by atoms with van der Waals surface area (Å²) in [6.07, 6.45) is 7.58. The average molecular weight is 316 g/mol. The highest BCUT2D eigenvalue weighted by Crippen LogP contribution is 2.23. The molecule has 114 valence electrons. The van der Waals surface area contributed by atoms with Gasteiger partial charge in [0.15, 0.2) is 0 Å². The zero-order valence-corrected chi connectivity index (χ0v) is 14.6. The quantitative estimate of drug-likeness (QED) is 0.458. The third-order valence-corrected chi connectivity index (χ3v) is 4.85. The van der Waals surface area contributed by atoms with Crippen LogP contribution in [0.25, 0.3) is 16.3 Å². The fourth-order valence-corrected chi connectivity index (χ4v) is 3.39. The summed E-state index contributed by atoms with van der Waals surface area (Å²) >= 11 is 0. The van der Waals surface area contributed by atoms with Crippen molar-refractivity contribution in [2.45, 2.75) is 20.3 Å². The molecule has 2 aromatic carbocycles. The average Bonchev–Trinajstić information content (AvgIpc) is 2.59. The van der Waals surface area contributed by atoms with E-state index in [2.05, 4.69) is 92.2 Å². The van der Waals surface area contributed by atoms with Gasteiger partial charge in [0.05, 0.1) is 0 Å². The van der Waals surface area contributed by atoms with Crippen molar-refractivity contribution in [2.24, 2.45) is 0 Å². The van der Waals surface area contributed by atoms with E-state index < -0.39 is 0 Å². The first kappa shape index (κ1) is 15.7. The van der Waals surface area contributed by atoms with Crippen LogP contribution < -0.4 is 0 Å². The minimum Gasteiger partial charge on any atom is -0.0801 e. The van der Waals surface area contributed by atoms with Gasteiger partial charge >= 0.3 is 0 Å². The lowest BCUT2D eigenvalue weighted by Crippen LogP contribution is -1.83. The second-order valence-electron chi connectivity index (χ2n) is 5.86. The molecule has 0 aliphatic carbocycles. The molecule has 0 N–H and O–H groups in total. The fraction of sp³-hybridized carbons (Fsp3) is 0.136. The van der Waals surface area contributed by atoms with E-state index in [1.165, 1.54) is 41.2 Å². The van der Waals surface area contributed by atoms with Crippen LogP contribution in [-0.2, 0) is 6.42 Å². The molecule has 0 saturated carbocycles. The molecule has 3 aromatic rings. The van der Waals surface area contributed by atoms with Gasteiger partial charge in [-0.25, -0.2) is 0 Å². The molecule has 0 saturated heterocycles. The minimum atomic E-state index is 0.968. The first-order valence-electron chi connectivity index (χ1n) is 7.96. The number of hydrogen-bond donors (Lipinski definition) is 0. The van der Waals surface area contributed by atoms with E-state index in [-0.39, 0.29) is 0 Å². The Kier molecular flexibility index (Phi) is 5.05. The van der Waals surface area contributed by atoms with Crippen LogP contribution in [0.3, 0.4) is 0 Å². The first-order valence-corrected chi connectivity index (χ1v) is 8.99. The van der Waals surface area contributed by atoms with E-state index in [1.807, 2.05) is 0 Å². The fourth-order valence-electron chi connectivity index (χ4n) is 2.69. The molecule has 0 fully saturated rings. The standard InChI is InChI=1S/C22H21P/c1-17-10-12-19(13-11-17)18(2)6-3-4-7-20-8-5-9-21-16-23-15-14-22(20)21/h3-6,8-16H,7H2,1-2H3/b4-3-,18-6+. The van der Waals surface area contributed by atoms with E-state index in [1.54, 1.807) is 0 Å². The van der Waals surface area contributed by atoms with E-state index in [4.69, 9.17) is 0 Å². The highest BCUT2D eigenvalue weighted by atomic mass is 31.0. The first-order chi connectivity index (χ1) is 11.2. The molecular formula is C22H21P. The predicted molar refractivity (Wildman–Crippen MR) is 104 cm³/mol. The zero-order valence-electron chi connectivity index (χ0n) is 13.7. The molecule has 0 unspecified atom stereocenters. The summed E-state index contributed by atoms with van der Waals surface area (Å²) in [5.41, 5.74) is 5.27. The number of allylic oxidation sites excluding steroid dienone is 4. The number of fused-ring (bicyclic) bond motifs is 1. The Morgan fingerprint density at radius 3 is 2.70 bits per heavy atom. The van der Waals surface area contributed by atoms with Crippen LogP contribution in [0.4, 0.5) is 0 Å². The van der Waals surface area contributed by atoms with Gasteiger partial charge in [0, 0.05) is 0 Å². The molecule has 0 amide bonds. The van der Waals surface area contributed by atoms with Gasteiger partial charge in [-0.1, -0.05) is 74.4 Å². The van der Waals surface area contributed by atoms with Crippen molar-refractivity contribution >= 4 is 24.5 Å². The molecule has 1 aromatic heterocycles. The largest absolute Gasteiger partial charge is 0.0801 e. The normalized spacial score (nSPS) is 12.5. The number of rotatable bonds is 4. The highest BCUT2D eigenvalue weighted by Gasteiger charge is 1.98. The number of hydrogen-bond acceptors (Lipinski definition) is 0. The molecule has 0 atom stereocenters. The van der Waals surface area contributed by atoms with Crippen molar-refractivity contribution in [3.8, 4) is 0 Å². The molecule has 0 nitrogen and oxygen atoms in total. The molecule has 1 heteroatoms. The van der Waals surface area contributed by atoms with E-state index in [0.29, 0.717) is 0 Å². The van der Waals surface area contributed by atoms with Gasteiger partial charge in [0.25, 0.3) is 0 Å². The van der Waals surface area contributed by atoms with E-state index in [9.17, 15) is 0 Å².